The second-order valence-corrected chi connectivity index (χ2v) is 7.73. The van der Waals surface area contributed by atoms with E-state index in [0.29, 0.717) is 25.2 Å². The molecule has 0 spiro atoms. The summed E-state index contributed by atoms with van der Waals surface area (Å²) < 4.78 is 0. The number of halogens is 2. The maximum absolute atomic E-state index is 12.1. The number of carbonyl (C=O) groups excluding carboxylic acids is 1. The molecule has 8 nitrogen and oxygen atoms in total. The van der Waals surface area contributed by atoms with E-state index in [9.17, 15) is 14.7 Å². The van der Waals surface area contributed by atoms with Gasteiger partial charge in [-0.25, -0.2) is 0 Å². The smallest absolute Gasteiger partial charge is 0.451 e. The van der Waals surface area contributed by atoms with Gasteiger partial charge in [0.2, 0.25) is 5.91 Å². The van der Waals surface area contributed by atoms with Crippen LogP contribution >= 0.6 is 24.8 Å². The Kier molecular flexibility index (Phi) is 13.6. The Balaban J connectivity index is 0. The zero-order valence-electron chi connectivity index (χ0n) is 16.0. The highest BCUT2D eigenvalue weighted by Gasteiger charge is 2.47. The number of nitrogens with two attached hydrogens (primary N) is 2. The summed E-state index contributed by atoms with van der Waals surface area (Å²) in [6, 6.07) is -0.612. The largest absolute Gasteiger partial charge is 0.480 e. The predicted octanol–water partition coefficient (Wildman–Crippen LogP) is 0.381. The molecule has 0 heterocycles. The molecule has 0 radical (unpaired) electrons. The third-order valence-corrected chi connectivity index (χ3v) is 5.09. The second-order valence-electron chi connectivity index (χ2n) is 7.73. The van der Waals surface area contributed by atoms with Gasteiger partial charge in [0.25, 0.3) is 0 Å². The van der Waals surface area contributed by atoms with Crippen LogP contribution in [0.15, 0.2) is 0 Å². The molecule has 0 bridgehead atoms. The molecule has 0 aromatic heterocycles. The third kappa shape index (κ3) is 8.98. The summed E-state index contributed by atoms with van der Waals surface area (Å²) in [5, 5.41) is 30.3. The van der Waals surface area contributed by atoms with Crippen LogP contribution in [0.5, 0.6) is 0 Å². The van der Waals surface area contributed by atoms with Crippen molar-refractivity contribution in [3.63, 3.8) is 0 Å². The first kappa shape index (κ1) is 28.6. The van der Waals surface area contributed by atoms with Crippen molar-refractivity contribution in [1.29, 1.82) is 0 Å². The van der Waals surface area contributed by atoms with Crippen molar-refractivity contribution < 1.29 is 24.7 Å². The van der Waals surface area contributed by atoms with Crippen LogP contribution in [0.3, 0.4) is 0 Å². The van der Waals surface area contributed by atoms with Gasteiger partial charge in [0.05, 0.1) is 6.04 Å². The van der Waals surface area contributed by atoms with E-state index in [1.165, 1.54) is 0 Å². The molecule has 27 heavy (non-hydrogen) atoms. The van der Waals surface area contributed by atoms with E-state index in [1.807, 2.05) is 13.8 Å². The highest BCUT2D eigenvalue weighted by atomic mass is 35.5. The Morgan fingerprint density at radius 2 is 1.85 bits per heavy atom. The zero-order chi connectivity index (χ0) is 19.2. The van der Waals surface area contributed by atoms with Crippen LogP contribution in [0.25, 0.3) is 0 Å². The molecule has 1 saturated carbocycles. The number of rotatable bonds is 9. The molecule has 8 N–H and O–H groups in total. The number of carboxylic acid groups (broad SMARTS) is 1. The van der Waals surface area contributed by atoms with Crippen molar-refractivity contribution in [1.82, 2.24) is 5.32 Å². The molecule has 11 heteroatoms. The Morgan fingerprint density at radius 1 is 1.26 bits per heavy atom. The molecule has 1 aliphatic rings. The van der Waals surface area contributed by atoms with Gasteiger partial charge in [-0.1, -0.05) is 20.3 Å². The molecule has 0 aromatic rings. The Morgan fingerprint density at radius 3 is 2.33 bits per heavy atom. The van der Waals surface area contributed by atoms with Gasteiger partial charge in [-0.2, -0.15) is 0 Å². The van der Waals surface area contributed by atoms with Crippen molar-refractivity contribution in [3.8, 4) is 0 Å². The summed E-state index contributed by atoms with van der Waals surface area (Å²) in [5.41, 5.74) is 10.6. The second kappa shape index (κ2) is 12.8. The molecule has 0 aromatic carbocycles. The van der Waals surface area contributed by atoms with Crippen LogP contribution in [0.2, 0.25) is 6.32 Å². The summed E-state index contributed by atoms with van der Waals surface area (Å²) in [4.78, 5) is 23.8. The molecule has 0 aliphatic heterocycles. The van der Waals surface area contributed by atoms with Gasteiger partial charge in [0.1, 0.15) is 5.54 Å². The first-order chi connectivity index (χ1) is 11.6. The van der Waals surface area contributed by atoms with Crippen molar-refractivity contribution in [2.45, 2.75) is 63.9 Å². The Bertz CT molecular complexity index is 473. The molecule has 4 atom stereocenters. The van der Waals surface area contributed by atoms with Crippen LogP contribution in [0.1, 0.15) is 46.0 Å². The molecular weight excluding hydrogens is 396 g/mol. The minimum atomic E-state index is -1.43. The monoisotopic (exact) mass is 429 g/mol. The highest BCUT2D eigenvalue weighted by molar-refractivity contribution is 6.40. The van der Waals surface area contributed by atoms with E-state index in [4.69, 9.17) is 21.5 Å². The number of hydrogen-bond donors (Lipinski definition) is 6. The number of hydrogen-bond acceptors (Lipinski definition) is 6. The van der Waals surface area contributed by atoms with E-state index in [0.717, 1.165) is 6.42 Å². The zero-order valence-corrected chi connectivity index (χ0v) is 17.6. The lowest BCUT2D eigenvalue weighted by atomic mass is 9.66. The van der Waals surface area contributed by atoms with Gasteiger partial charge in [0.15, 0.2) is 0 Å². The highest BCUT2D eigenvalue weighted by Crippen LogP contribution is 2.38. The van der Waals surface area contributed by atoms with E-state index in [1.54, 1.807) is 0 Å². The topological polar surface area (TPSA) is 159 Å². The van der Waals surface area contributed by atoms with E-state index in [2.05, 4.69) is 5.32 Å². The van der Waals surface area contributed by atoms with Gasteiger partial charge >= 0.3 is 13.1 Å². The number of carbonyl (C=O) groups is 2. The molecule has 1 aliphatic carbocycles. The van der Waals surface area contributed by atoms with Crippen molar-refractivity contribution in [3.05, 3.63) is 0 Å². The quantitative estimate of drug-likeness (QED) is 0.289. The minimum Gasteiger partial charge on any atom is -0.480 e. The average molecular weight is 430 g/mol. The Labute approximate surface area is 173 Å². The van der Waals surface area contributed by atoms with Gasteiger partial charge < -0.3 is 31.9 Å². The fourth-order valence-corrected chi connectivity index (χ4v) is 3.59. The van der Waals surface area contributed by atoms with Gasteiger partial charge in [-0.3, -0.25) is 9.59 Å². The number of carboxylic acids is 1. The molecule has 1 rings (SSSR count). The molecule has 1 amide bonds. The van der Waals surface area contributed by atoms with Crippen LogP contribution in [-0.4, -0.2) is 52.3 Å². The first-order valence-corrected chi connectivity index (χ1v) is 8.98. The van der Waals surface area contributed by atoms with Crippen molar-refractivity contribution in [2.24, 2.45) is 29.2 Å². The summed E-state index contributed by atoms with van der Waals surface area (Å²) in [6.45, 7) is 4.14. The third-order valence-electron chi connectivity index (χ3n) is 5.09. The number of nitrogens with one attached hydrogen (secondary N) is 1. The van der Waals surface area contributed by atoms with Crippen LogP contribution in [-0.2, 0) is 9.59 Å². The van der Waals surface area contributed by atoms with Crippen molar-refractivity contribution in [2.75, 3.05) is 6.54 Å². The fourth-order valence-electron chi connectivity index (χ4n) is 3.59. The predicted molar refractivity (Wildman–Crippen MR) is 110 cm³/mol. The molecule has 160 valence electrons. The molecule has 0 saturated heterocycles. The average Bonchev–Trinajstić information content (AvgIpc) is 2.50. The lowest BCUT2D eigenvalue weighted by Gasteiger charge is -2.41. The summed E-state index contributed by atoms with van der Waals surface area (Å²) >= 11 is 0. The summed E-state index contributed by atoms with van der Waals surface area (Å²) in [7, 11) is -1.39. The first-order valence-electron chi connectivity index (χ1n) is 8.98. The minimum absolute atomic E-state index is 0. The lowest BCUT2D eigenvalue weighted by molar-refractivity contribution is -0.148. The standard InChI is InChI=1S/C16H32BN3O5.2ClH/c1-10(2)7-13(18)14(21)20-9-12-4-3-11(5-6-17(24)25)8-16(12,19)15(22)23;;/h10-13,24-25H,3-9,18-19H2,1-2H3,(H,20,21)(H,22,23);2*1H/t11-,12-,13-,16+;;/m0../s1. The number of amides is 1. The maximum Gasteiger partial charge on any atom is 0.451 e. The van der Waals surface area contributed by atoms with E-state index < -0.39 is 24.7 Å². The van der Waals surface area contributed by atoms with Gasteiger partial charge in [-0.15, -0.1) is 24.8 Å². The van der Waals surface area contributed by atoms with E-state index >= 15 is 0 Å². The lowest BCUT2D eigenvalue weighted by Crippen LogP contribution is -2.60. The van der Waals surface area contributed by atoms with Crippen LogP contribution in [0.4, 0.5) is 0 Å². The SMILES string of the molecule is CC(C)C[C@H](N)C(=O)NC[C@@H]1CC[C@@H](CCB(O)O)C[C@]1(N)C(=O)O.Cl.Cl. The Hall–Kier alpha value is -0.575. The van der Waals surface area contributed by atoms with Crippen LogP contribution in [0, 0.1) is 17.8 Å². The summed E-state index contributed by atoms with van der Waals surface area (Å²) in [6.07, 6.45) is 2.85. The molecular formula is C16H34BCl2N3O5. The normalized spacial score (nSPS) is 25.7. The molecule has 1 fully saturated rings. The van der Waals surface area contributed by atoms with Gasteiger partial charge in [-0.05, 0) is 43.8 Å². The molecule has 0 unspecified atom stereocenters. The van der Waals surface area contributed by atoms with Crippen molar-refractivity contribution >= 4 is 43.8 Å². The number of aliphatic carboxylic acids is 1. The fraction of sp³-hybridized carbons (Fsp3) is 0.875. The van der Waals surface area contributed by atoms with Crippen LogP contribution < -0.4 is 16.8 Å². The summed E-state index contributed by atoms with van der Waals surface area (Å²) in [5.74, 6) is -1.43. The van der Waals surface area contributed by atoms with E-state index in [-0.39, 0.29) is 61.8 Å². The maximum atomic E-state index is 12.1. The van der Waals surface area contributed by atoms with Gasteiger partial charge in [0, 0.05) is 12.5 Å².